The van der Waals surface area contributed by atoms with E-state index in [2.05, 4.69) is 67.7 Å². The predicted octanol–water partition coefficient (Wildman–Crippen LogP) is 6.55. The van der Waals surface area contributed by atoms with Gasteiger partial charge < -0.3 is 5.11 Å². The fraction of sp³-hybridized carbons (Fsp3) is 0.409. The molecule has 0 heterocycles. The molecule has 0 radical (unpaired) electrons. The van der Waals surface area contributed by atoms with Crippen LogP contribution in [0.25, 0.3) is 0 Å². The largest absolute Gasteiger partial charge is 0.481 e. The van der Waals surface area contributed by atoms with Gasteiger partial charge in [-0.05, 0) is 44.9 Å². The van der Waals surface area contributed by atoms with Gasteiger partial charge in [0.15, 0.2) is 0 Å². The van der Waals surface area contributed by atoms with Crippen molar-refractivity contribution in [3.8, 4) is 0 Å². The molecule has 25 heavy (non-hydrogen) atoms. The van der Waals surface area contributed by atoms with Crippen molar-refractivity contribution in [1.82, 2.24) is 0 Å². The molecule has 0 fully saturated rings. The summed E-state index contributed by atoms with van der Waals surface area (Å²) in [6, 6.07) is 0. The number of hydrogen-bond donors (Lipinski definition) is 1. The number of carboxylic acid groups (broad SMARTS) is 1. The second-order valence-electron chi connectivity index (χ2n) is 5.35. The van der Waals surface area contributed by atoms with Crippen LogP contribution in [-0.2, 0) is 24.3 Å². The Morgan fingerprint density at radius 1 is 0.640 bits per heavy atom. The Morgan fingerprint density at radius 3 is 1.28 bits per heavy atom. The van der Waals surface area contributed by atoms with E-state index >= 15 is 0 Å². The van der Waals surface area contributed by atoms with Crippen molar-refractivity contribution in [1.29, 1.82) is 0 Å². The van der Waals surface area contributed by atoms with Crippen molar-refractivity contribution in [3.05, 3.63) is 72.9 Å². The maximum absolute atomic E-state index is 10.3. The molecule has 0 aromatic carbocycles. The average molecular weight is 394 g/mol. The first kappa shape index (κ1) is 25.8. The molecule has 2 nitrogen and oxygen atoms in total. The van der Waals surface area contributed by atoms with Gasteiger partial charge in [0, 0.05) is 25.9 Å². The summed E-state index contributed by atoms with van der Waals surface area (Å²) in [6.07, 6.45) is 32.5. The Morgan fingerprint density at radius 2 is 0.960 bits per heavy atom. The summed E-state index contributed by atoms with van der Waals surface area (Å²) < 4.78 is 0. The first-order valence-electron chi connectivity index (χ1n) is 8.89. The van der Waals surface area contributed by atoms with Gasteiger partial charge in [-0.3, -0.25) is 4.79 Å². The van der Waals surface area contributed by atoms with E-state index in [0.717, 1.165) is 38.5 Å². The topological polar surface area (TPSA) is 37.3 Å². The van der Waals surface area contributed by atoms with Crippen molar-refractivity contribution < 1.29 is 29.4 Å². The van der Waals surface area contributed by atoms with E-state index < -0.39 is 5.97 Å². The molecule has 0 rings (SSSR count). The molecule has 3 heteroatoms. The van der Waals surface area contributed by atoms with Crippen LogP contribution in [0.4, 0.5) is 0 Å². The summed E-state index contributed by atoms with van der Waals surface area (Å²) in [4.78, 5) is 10.3. The summed E-state index contributed by atoms with van der Waals surface area (Å²) in [6.45, 7) is 2.15. The van der Waals surface area contributed by atoms with Gasteiger partial charge in [0.05, 0.1) is 0 Å². The Kier molecular flexibility index (Phi) is 23.2. The molecule has 0 aromatic rings. The summed E-state index contributed by atoms with van der Waals surface area (Å²) >= 11 is 0. The van der Waals surface area contributed by atoms with Crippen LogP contribution in [0.2, 0.25) is 0 Å². The molecule has 134 valence electrons. The second kappa shape index (κ2) is 22.5. The van der Waals surface area contributed by atoms with Crippen molar-refractivity contribution in [3.63, 3.8) is 0 Å². The molecule has 0 aliphatic carbocycles. The molecule has 0 saturated carbocycles. The number of carbonyl (C=O) groups is 1. The molecular formula is C22H32O2Zn. The Bertz CT molecular complexity index is 468. The van der Waals surface area contributed by atoms with Gasteiger partial charge in [-0.1, -0.05) is 79.8 Å². The average Bonchev–Trinajstić information content (AvgIpc) is 2.56. The molecule has 0 bridgehead atoms. The van der Waals surface area contributed by atoms with E-state index in [1.807, 2.05) is 12.2 Å². The molecule has 1 N–H and O–H groups in total. The third-order valence-corrected chi connectivity index (χ3v) is 3.12. The van der Waals surface area contributed by atoms with Crippen molar-refractivity contribution in [2.75, 3.05) is 0 Å². The minimum Gasteiger partial charge on any atom is -0.481 e. The first-order chi connectivity index (χ1) is 11.8. The fourth-order valence-electron chi connectivity index (χ4n) is 1.85. The van der Waals surface area contributed by atoms with Gasteiger partial charge in [-0.15, -0.1) is 0 Å². The number of allylic oxidation sites excluding steroid dienone is 12. The van der Waals surface area contributed by atoms with Crippen LogP contribution in [0.3, 0.4) is 0 Å². The number of aliphatic carboxylic acids is 1. The van der Waals surface area contributed by atoms with Gasteiger partial charge in [0.25, 0.3) is 0 Å². The third-order valence-electron chi connectivity index (χ3n) is 3.12. The summed E-state index contributed by atoms with van der Waals surface area (Å²) in [7, 11) is 0. The zero-order valence-electron chi connectivity index (χ0n) is 15.6. The van der Waals surface area contributed by atoms with E-state index in [1.165, 1.54) is 0 Å². The van der Waals surface area contributed by atoms with Crippen molar-refractivity contribution >= 4 is 5.97 Å². The number of hydrogen-bond acceptors (Lipinski definition) is 1. The Labute approximate surface area is 166 Å². The van der Waals surface area contributed by atoms with E-state index in [9.17, 15) is 4.79 Å². The van der Waals surface area contributed by atoms with Crippen LogP contribution in [0, 0.1) is 0 Å². The monoisotopic (exact) mass is 392 g/mol. The SMILES string of the molecule is CC/C=C\C/C=C\C/C=C\C/C=C\C/C=C\C/C=C\CCC(=O)O.[Zn]. The minimum absolute atomic E-state index is 0. The molecule has 0 saturated heterocycles. The van der Waals surface area contributed by atoms with Crippen LogP contribution in [0.5, 0.6) is 0 Å². The van der Waals surface area contributed by atoms with Crippen LogP contribution >= 0.6 is 0 Å². The molecule has 0 unspecified atom stereocenters. The molecule has 0 atom stereocenters. The standard InChI is InChI=1S/C22H32O2.Zn/c1-2-3-4-5-6-7-8-9-10-11-12-13-14-15-16-17-18-19-20-21-22(23)24;/h3-4,6-7,9-10,12-13,15-16,18-19H,2,5,8,11,14,17,20-21H2,1H3,(H,23,24);/b4-3-,7-6-,10-9-,13-12-,16-15-,19-18-;. The number of rotatable bonds is 14. The fourth-order valence-corrected chi connectivity index (χ4v) is 1.85. The first-order valence-corrected chi connectivity index (χ1v) is 8.89. The molecule has 0 aliphatic rings. The van der Waals surface area contributed by atoms with Crippen LogP contribution in [-0.4, -0.2) is 11.1 Å². The molecule has 0 amide bonds. The van der Waals surface area contributed by atoms with Crippen LogP contribution in [0.1, 0.15) is 58.3 Å². The van der Waals surface area contributed by atoms with E-state index in [0.29, 0.717) is 6.42 Å². The smallest absolute Gasteiger partial charge is 0.303 e. The maximum atomic E-state index is 10.3. The van der Waals surface area contributed by atoms with Gasteiger partial charge in [0.1, 0.15) is 0 Å². The van der Waals surface area contributed by atoms with Crippen molar-refractivity contribution in [2.24, 2.45) is 0 Å². The molecule has 0 aliphatic heterocycles. The third kappa shape index (κ3) is 24.9. The predicted molar refractivity (Wildman–Crippen MR) is 105 cm³/mol. The Balaban J connectivity index is 0. The van der Waals surface area contributed by atoms with Crippen molar-refractivity contribution in [2.45, 2.75) is 58.3 Å². The van der Waals surface area contributed by atoms with Gasteiger partial charge in [0.2, 0.25) is 0 Å². The minimum atomic E-state index is -0.741. The Hall–Kier alpha value is -1.47. The second-order valence-corrected chi connectivity index (χ2v) is 5.35. The zero-order chi connectivity index (χ0) is 17.7. The summed E-state index contributed by atoms with van der Waals surface area (Å²) in [5.74, 6) is -0.741. The van der Waals surface area contributed by atoms with E-state index in [1.54, 1.807) is 0 Å². The van der Waals surface area contributed by atoms with Gasteiger partial charge in [-0.25, -0.2) is 0 Å². The zero-order valence-corrected chi connectivity index (χ0v) is 18.6. The molecule has 0 aromatic heterocycles. The van der Waals surface area contributed by atoms with Gasteiger partial charge in [-0.2, -0.15) is 0 Å². The van der Waals surface area contributed by atoms with Crippen LogP contribution < -0.4 is 0 Å². The maximum Gasteiger partial charge on any atom is 0.303 e. The normalized spacial score (nSPS) is 12.5. The summed E-state index contributed by atoms with van der Waals surface area (Å²) in [5, 5.41) is 8.49. The summed E-state index contributed by atoms with van der Waals surface area (Å²) in [5.41, 5.74) is 0. The number of carboxylic acids is 1. The quantitative estimate of drug-likeness (QED) is 0.268. The molecule has 0 spiro atoms. The van der Waals surface area contributed by atoms with Gasteiger partial charge >= 0.3 is 5.97 Å². The van der Waals surface area contributed by atoms with E-state index in [4.69, 9.17) is 5.11 Å². The molecular weight excluding hydrogens is 362 g/mol. The van der Waals surface area contributed by atoms with Crippen LogP contribution in [0.15, 0.2) is 72.9 Å². The van der Waals surface area contributed by atoms with E-state index in [-0.39, 0.29) is 25.9 Å².